The predicted molar refractivity (Wildman–Crippen MR) is 112 cm³/mol. The Morgan fingerprint density at radius 2 is 1.86 bits per heavy atom. The van der Waals surface area contributed by atoms with E-state index in [1.807, 2.05) is 48.6 Å². The molecule has 144 valence electrons. The fourth-order valence-corrected chi connectivity index (χ4v) is 3.87. The van der Waals surface area contributed by atoms with Gasteiger partial charge in [-0.3, -0.25) is 4.98 Å². The Morgan fingerprint density at radius 3 is 2.62 bits per heavy atom. The van der Waals surface area contributed by atoms with Crippen LogP contribution in [0.4, 0.5) is 4.39 Å². The van der Waals surface area contributed by atoms with E-state index in [2.05, 4.69) is 6.07 Å². The number of hydrogen-bond donors (Lipinski definition) is 0. The van der Waals surface area contributed by atoms with Gasteiger partial charge in [-0.1, -0.05) is 42.5 Å². The molecule has 1 aliphatic heterocycles. The first-order chi connectivity index (χ1) is 14.2. The lowest BCUT2D eigenvalue weighted by Crippen LogP contribution is -2.17. The molecule has 0 radical (unpaired) electrons. The molecule has 1 fully saturated rings. The van der Waals surface area contributed by atoms with E-state index in [-0.39, 0.29) is 17.9 Å². The van der Waals surface area contributed by atoms with Gasteiger partial charge in [0.15, 0.2) is 0 Å². The molecule has 1 atom stereocenters. The van der Waals surface area contributed by atoms with Crippen molar-refractivity contribution in [1.82, 2.24) is 4.98 Å². The SMILES string of the molecule is O=C1C=CC[C@@H](/C=C/c2c(C3CC3)nc3ccccc3c2-c2ccc(F)cc2)O1. The molecule has 0 unspecified atom stereocenters. The molecule has 2 aromatic carbocycles. The van der Waals surface area contributed by atoms with E-state index >= 15 is 0 Å². The number of fused-ring (bicyclic) bond motifs is 1. The maximum absolute atomic E-state index is 13.6. The monoisotopic (exact) mass is 385 g/mol. The fourth-order valence-electron chi connectivity index (χ4n) is 3.87. The van der Waals surface area contributed by atoms with Gasteiger partial charge < -0.3 is 4.74 Å². The summed E-state index contributed by atoms with van der Waals surface area (Å²) in [6, 6.07) is 14.7. The summed E-state index contributed by atoms with van der Waals surface area (Å²) in [7, 11) is 0. The molecule has 0 N–H and O–H groups in total. The van der Waals surface area contributed by atoms with Gasteiger partial charge in [0.2, 0.25) is 0 Å². The van der Waals surface area contributed by atoms with Crippen molar-refractivity contribution in [2.45, 2.75) is 31.3 Å². The van der Waals surface area contributed by atoms with E-state index in [9.17, 15) is 9.18 Å². The van der Waals surface area contributed by atoms with E-state index in [1.165, 1.54) is 18.2 Å². The molecule has 1 saturated carbocycles. The number of pyridine rings is 1. The first kappa shape index (κ1) is 17.8. The zero-order chi connectivity index (χ0) is 19.8. The van der Waals surface area contributed by atoms with Crippen LogP contribution in [0.5, 0.6) is 0 Å². The molecule has 3 nitrogen and oxygen atoms in total. The van der Waals surface area contributed by atoms with Crippen LogP contribution in [0.15, 0.2) is 66.8 Å². The number of cyclic esters (lactones) is 1. The largest absolute Gasteiger partial charge is 0.455 e. The molecule has 4 heteroatoms. The second-order valence-corrected chi connectivity index (χ2v) is 7.56. The highest BCUT2D eigenvalue weighted by Crippen LogP contribution is 2.45. The summed E-state index contributed by atoms with van der Waals surface area (Å²) in [6.07, 6.45) is 9.88. The van der Waals surface area contributed by atoms with Gasteiger partial charge in [-0.05, 0) is 42.7 Å². The number of benzene rings is 2. The lowest BCUT2D eigenvalue weighted by atomic mass is 9.92. The van der Waals surface area contributed by atoms with E-state index in [0.717, 1.165) is 46.1 Å². The molecule has 0 amide bonds. The van der Waals surface area contributed by atoms with Gasteiger partial charge in [0.25, 0.3) is 0 Å². The minimum Gasteiger partial charge on any atom is -0.455 e. The van der Waals surface area contributed by atoms with Gasteiger partial charge in [0, 0.05) is 34.9 Å². The standard InChI is InChI=1S/C25H20FNO2/c26-18-12-10-16(11-13-18)24-20-5-1-2-6-22(20)27-25(17-8-9-17)21(24)15-14-19-4-3-7-23(28)29-19/h1-3,5-7,10-15,17,19H,4,8-9H2/b15-14+/t19-/m0/s1. The highest BCUT2D eigenvalue weighted by atomic mass is 19.1. The lowest BCUT2D eigenvalue weighted by Gasteiger charge is -2.17. The second-order valence-electron chi connectivity index (χ2n) is 7.56. The third-order valence-electron chi connectivity index (χ3n) is 5.42. The minimum absolute atomic E-state index is 0.257. The van der Waals surface area contributed by atoms with E-state index < -0.39 is 0 Å². The number of esters is 1. The quantitative estimate of drug-likeness (QED) is 0.533. The number of carbonyl (C=O) groups is 1. The first-order valence-electron chi connectivity index (χ1n) is 9.93. The van der Waals surface area contributed by atoms with Crippen molar-refractivity contribution >= 4 is 22.9 Å². The average Bonchev–Trinajstić information content (AvgIpc) is 3.57. The van der Waals surface area contributed by atoms with Crippen LogP contribution < -0.4 is 0 Å². The van der Waals surface area contributed by atoms with Crippen molar-refractivity contribution in [1.29, 1.82) is 0 Å². The van der Waals surface area contributed by atoms with Gasteiger partial charge in [-0.2, -0.15) is 0 Å². The molecule has 0 saturated heterocycles. The molecule has 5 rings (SSSR count). The Bertz CT molecular complexity index is 1140. The van der Waals surface area contributed by atoms with Crippen molar-refractivity contribution in [3.63, 3.8) is 0 Å². The number of halogens is 1. The summed E-state index contributed by atoms with van der Waals surface area (Å²) in [5.41, 5.74) is 5.04. The van der Waals surface area contributed by atoms with Crippen LogP contribution in [0.3, 0.4) is 0 Å². The molecular formula is C25H20FNO2. The zero-order valence-electron chi connectivity index (χ0n) is 15.8. The summed E-state index contributed by atoms with van der Waals surface area (Å²) < 4.78 is 19.0. The number of hydrogen-bond acceptors (Lipinski definition) is 3. The molecular weight excluding hydrogens is 365 g/mol. The summed E-state index contributed by atoms with van der Waals surface area (Å²) in [4.78, 5) is 16.5. The van der Waals surface area contributed by atoms with Gasteiger partial charge >= 0.3 is 5.97 Å². The molecule has 0 bridgehead atoms. The highest BCUT2D eigenvalue weighted by molar-refractivity contribution is 5.99. The number of rotatable bonds is 4. The van der Waals surface area contributed by atoms with Crippen molar-refractivity contribution in [3.05, 3.63) is 83.8 Å². The maximum Gasteiger partial charge on any atom is 0.331 e. The Kier molecular flexibility index (Phi) is 4.47. The maximum atomic E-state index is 13.6. The Labute approximate surface area is 168 Å². The lowest BCUT2D eigenvalue weighted by molar-refractivity contribution is -0.141. The number of carbonyl (C=O) groups excluding carboxylic acids is 1. The van der Waals surface area contributed by atoms with Gasteiger partial charge in [0.1, 0.15) is 11.9 Å². The van der Waals surface area contributed by atoms with E-state index in [4.69, 9.17) is 9.72 Å². The zero-order valence-corrected chi connectivity index (χ0v) is 15.8. The van der Waals surface area contributed by atoms with Crippen LogP contribution in [0.1, 0.15) is 36.4 Å². The molecule has 29 heavy (non-hydrogen) atoms. The average molecular weight is 385 g/mol. The van der Waals surface area contributed by atoms with Crippen molar-refractivity contribution in [2.75, 3.05) is 0 Å². The Morgan fingerprint density at radius 1 is 1.07 bits per heavy atom. The summed E-state index contributed by atoms with van der Waals surface area (Å²) in [5, 5.41) is 1.03. The third kappa shape index (κ3) is 3.58. The number of aromatic nitrogens is 1. The minimum atomic E-state index is -0.316. The molecule has 1 aliphatic carbocycles. The Balaban J connectivity index is 1.70. The van der Waals surface area contributed by atoms with Crippen LogP contribution in [-0.4, -0.2) is 17.1 Å². The van der Waals surface area contributed by atoms with Crippen molar-refractivity contribution in [2.24, 2.45) is 0 Å². The summed E-state index contributed by atoms with van der Waals surface area (Å²) in [5.74, 6) is -0.136. The second kappa shape index (κ2) is 7.28. The summed E-state index contributed by atoms with van der Waals surface area (Å²) >= 11 is 0. The molecule has 0 spiro atoms. The molecule has 2 aliphatic rings. The first-order valence-corrected chi connectivity index (χ1v) is 9.93. The highest BCUT2D eigenvalue weighted by Gasteiger charge is 2.29. The van der Waals surface area contributed by atoms with Crippen molar-refractivity contribution < 1.29 is 13.9 Å². The van der Waals surface area contributed by atoms with Crippen LogP contribution in [0.2, 0.25) is 0 Å². The van der Waals surface area contributed by atoms with Gasteiger partial charge in [-0.25, -0.2) is 9.18 Å². The van der Waals surface area contributed by atoms with Crippen LogP contribution in [0.25, 0.3) is 28.1 Å². The Hall–Kier alpha value is -3.27. The third-order valence-corrected chi connectivity index (χ3v) is 5.42. The van der Waals surface area contributed by atoms with E-state index in [0.29, 0.717) is 12.3 Å². The smallest absolute Gasteiger partial charge is 0.331 e. The van der Waals surface area contributed by atoms with Gasteiger partial charge in [-0.15, -0.1) is 0 Å². The fraction of sp³-hybridized carbons (Fsp3) is 0.200. The predicted octanol–water partition coefficient (Wildman–Crippen LogP) is 5.80. The normalized spacial score (nSPS) is 19.1. The molecule has 3 aromatic rings. The van der Waals surface area contributed by atoms with Crippen LogP contribution >= 0.6 is 0 Å². The number of nitrogens with zero attached hydrogens (tertiary/aromatic N) is 1. The van der Waals surface area contributed by atoms with Crippen LogP contribution in [0, 0.1) is 5.82 Å². The van der Waals surface area contributed by atoms with Crippen molar-refractivity contribution in [3.8, 4) is 11.1 Å². The topological polar surface area (TPSA) is 39.2 Å². The molecule has 1 aromatic heterocycles. The summed E-state index contributed by atoms with van der Waals surface area (Å²) in [6.45, 7) is 0. The number of ether oxygens (including phenoxy) is 1. The van der Waals surface area contributed by atoms with Crippen LogP contribution in [-0.2, 0) is 9.53 Å². The number of para-hydroxylation sites is 1. The van der Waals surface area contributed by atoms with E-state index in [1.54, 1.807) is 0 Å². The van der Waals surface area contributed by atoms with Gasteiger partial charge in [0.05, 0.1) is 11.2 Å². The molecule has 2 heterocycles.